The Bertz CT molecular complexity index is 274. The van der Waals surface area contributed by atoms with Crippen molar-refractivity contribution >= 4 is 11.6 Å². The first-order valence-electron chi connectivity index (χ1n) is 3.17. The minimum Gasteiger partial charge on any atom is -0.453 e. The molecule has 0 saturated heterocycles. The zero-order chi connectivity index (χ0) is 8.27. The van der Waals surface area contributed by atoms with Crippen LogP contribution in [-0.4, -0.2) is 0 Å². The summed E-state index contributed by atoms with van der Waals surface area (Å²) in [6, 6.07) is 1.51. The van der Waals surface area contributed by atoms with E-state index in [9.17, 15) is 0 Å². The molecular formula is C8H8ClNO. The van der Waals surface area contributed by atoms with Gasteiger partial charge in [-0.25, -0.2) is 0 Å². The second-order valence-electron chi connectivity index (χ2n) is 2.16. The van der Waals surface area contributed by atoms with Gasteiger partial charge in [0.25, 0.3) is 0 Å². The van der Waals surface area contributed by atoms with Crippen LogP contribution in [0.3, 0.4) is 0 Å². The molecule has 11 heavy (non-hydrogen) atoms. The molecule has 0 saturated carbocycles. The summed E-state index contributed by atoms with van der Waals surface area (Å²) in [4.78, 5) is 0. The molecule has 0 spiro atoms. The summed E-state index contributed by atoms with van der Waals surface area (Å²) in [5.74, 6) is 2.46. The molecule has 1 aromatic heterocycles. The van der Waals surface area contributed by atoms with Gasteiger partial charge < -0.3 is 10.2 Å². The van der Waals surface area contributed by atoms with Crippen molar-refractivity contribution in [1.29, 1.82) is 0 Å². The van der Waals surface area contributed by atoms with Gasteiger partial charge >= 0.3 is 0 Å². The summed E-state index contributed by atoms with van der Waals surface area (Å²) in [7, 11) is 0. The van der Waals surface area contributed by atoms with Crippen LogP contribution in [0.1, 0.15) is 18.0 Å². The largest absolute Gasteiger partial charge is 0.453 e. The van der Waals surface area contributed by atoms with Gasteiger partial charge in [-0.05, 0) is 17.7 Å². The van der Waals surface area contributed by atoms with E-state index in [1.54, 1.807) is 6.07 Å². The van der Waals surface area contributed by atoms with E-state index in [4.69, 9.17) is 28.2 Å². The Balaban J connectivity index is 2.77. The van der Waals surface area contributed by atoms with Gasteiger partial charge in [-0.3, -0.25) is 0 Å². The molecule has 0 aromatic carbocycles. The highest BCUT2D eigenvalue weighted by Gasteiger charge is 2.10. The Labute approximate surface area is 70.3 Å². The average Bonchev–Trinajstić information content (AvgIpc) is 2.36. The van der Waals surface area contributed by atoms with E-state index in [-0.39, 0.29) is 6.04 Å². The number of halogens is 1. The van der Waals surface area contributed by atoms with Crippen LogP contribution >= 0.6 is 11.6 Å². The van der Waals surface area contributed by atoms with Crippen LogP contribution in [0, 0.1) is 12.3 Å². The molecule has 0 radical (unpaired) electrons. The van der Waals surface area contributed by atoms with Crippen molar-refractivity contribution in [3.8, 4) is 12.3 Å². The molecule has 1 aromatic rings. The molecule has 1 heterocycles. The van der Waals surface area contributed by atoms with Crippen molar-refractivity contribution in [2.24, 2.45) is 5.73 Å². The Kier molecular flexibility index (Phi) is 2.58. The van der Waals surface area contributed by atoms with Gasteiger partial charge in [0, 0.05) is 18.0 Å². The molecule has 0 aliphatic rings. The van der Waals surface area contributed by atoms with Crippen LogP contribution in [0.2, 0.25) is 5.22 Å². The van der Waals surface area contributed by atoms with E-state index in [2.05, 4.69) is 5.92 Å². The average molecular weight is 170 g/mol. The van der Waals surface area contributed by atoms with Crippen LogP contribution < -0.4 is 5.73 Å². The fourth-order valence-electron chi connectivity index (χ4n) is 0.807. The lowest BCUT2D eigenvalue weighted by Crippen LogP contribution is -2.08. The fourth-order valence-corrected chi connectivity index (χ4v) is 1.06. The van der Waals surface area contributed by atoms with Gasteiger partial charge in [0.05, 0.1) is 6.26 Å². The summed E-state index contributed by atoms with van der Waals surface area (Å²) in [6.45, 7) is 0. The predicted molar refractivity (Wildman–Crippen MR) is 44.1 cm³/mol. The van der Waals surface area contributed by atoms with Gasteiger partial charge in [-0.15, -0.1) is 12.3 Å². The molecule has 3 heteroatoms. The molecule has 0 amide bonds. The van der Waals surface area contributed by atoms with Crippen LogP contribution in [0.4, 0.5) is 0 Å². The molecule has 0 fully saturated rings. The monoisotopic (exact) mass is 169 g/mol. The minimum absolute atomic E-state index is 0.216. The first kappa shape index (κ1) is 8.19. The Morgan fingerprint density at radius 2 is 2.55 bits per heavy atom. The lowest BCUT2D eigenvalue weighted by molar-refractivity contribution is 0.561. The van der Waals surface area contributed by atoms with Gasteiger partial charge in [0.15, 0.2) is 5.22 Å². The Morgan fingerprint density at radius 1 is 1.82 bits per heavy atom. The van der Waals surface area contributed by atoms with E-state index in [1.807, 2.05) is 0 Å². The molecule has 1 rings (SSSR count). The molecule has 2 N–H and O–H groups in total. The van der Waals surface area contributed by atoms with Crippen LogP contribution in [0.15, 0.2) is 16.7 Å². The Hall–Kier alpha value is -0.910. The highest BCUT2D eigenvalue weighted by atomic mass is 35.5. The molecule has 2 nitrogen and oxygen atoms in total. The SMILES string of the molecule is C#CCC(N)c1ccoc1Cl. The van der Waals surface area contributed by atoms with E-state index in [0.29, 0.717) is 11.6 Å². The third-order valence-corrected chi connectivity index (χ3v) is 1.69. The van der Waals surface area contributed by atoms with E-state index in [0.717, 1.165) is 5.56 Å². The Morgan fingerprint density at radius 3 is 3.00 bits per heavy atom. The standard InChI is InChI=1S/C8H8ClNO/c1-2-3-7(10)6-4-5-11-8(6)9/h1,4-5,7H,3,10H2. The lowest BCUT2D eigenvalue weighted by atomic mass is 10.1. The number of hydrogen-bond donors (Lipinski definition) is 1. The molecule has 0 aliphatic heterocycles. The summed E-state index contributed by atoms with van der Waals surface area (Å²) in [5.41, 5.74) is 6.43. The zero-order valence-electron chi connectivity index (χ0n) is 5.88. The van der Waals surface area contributed by atoms with Gasteiger partial charge in [0.2, 0.25) is 0 Å². The quantitative estimate of drug-likeness (QED) is 0.688. The number of hydrogen-bond acceptors (Lipinski definition) is 2. The molecule has 1 atom stereocenters. The van der Waals surface area contributed by atoms with Gasteiger partial charge in [-0.2, -0.15) is 0 Å². The second kappa shape index (κ2) is 3.47. The predicted octanol–water partition coefficient (Wildman–Crippen LogP) is 1.96. The normalized spacial score (nSPS) is 12.5. The van der Waals surface area contributed by atoms with Gasteiger partial charge in [-0.1, -0.05) is 0 Å². The van der Waals surface area contributed by atoms with E-state index < -0.39 is 0 Å². The third-order valence-electron chi connectivity index (χ3n) is 1.38. The minimum atomic E-state index is -0.216. The number of nitrogens with two attached hydrogens (primary N) is 1. The maximum Gasteiger partial charge on any atom is 0.197 e. The molecule has 0 bridgehead atoms. The summed E-state index contributed by atoms with van der Waals surface area (Å²) in [5, 5.41) is 0.327. The van der Waals surface area contributed by atoms with Crippen LogP contribution in [-0.2, 0) is 0 Å². The van der Waals surface area contributed by atoms with Gasteiger partial charge in [0.1, 0.15) is 0 Å². The topological polar surface area (TPSA) is 39.2 Å². The third kappa shape index (κ3) is 1.76. The summed E-state index contributed by atoms with van der Waals surface area (Å²) in [6.07, 6.45) is 7.05. The van der Waals surface area contributed by atoms with Crippen molar-refractivity contribution < 1.29 is 4.42 Å². The highest BCUT2D eigenvalue weighted by molar-refractivity contribution is 6.29. The molecule has 0 aliphatic carbocycles. The fraction of sp³-hybridized carbons (Fsp3) is 0.250. The molecule has 1 unspecified atom stereocenters. The molecule has 58 valence electrons. The summed E-state index contributed by atoms with van der Waals surface area (Å²) < 4.78 is 4.85. The smallest absolute Gasteiger partial charge is 0.197 e. The lowest BCUT2D eigenvalue weighted by Gasteiger charge is -2.03. The molecular weight excluding hydrogens is 162 g/mol. The highest BCUT2D eigenvalue weighted by Crippen LogP contribution is 2.23. The second-order valence-corrected chi connectivity index (χ2v) is 2.51. The maximum atomic E-state index is 5.66. The first-order chi connectivity index (χ1) is 5.25. The van der Waals surface area contributed by atoms with Crippen molar-refractivity contribution in [1.82, 2.24) is 0 Å². The number of furan rings is 1. The maximum absolute atomic E-state index is 5.66. The van der Waals surface area contributed by atoms with E-state index in [1.165, 1.54) is 6.26 Å². The first-order valence-corrected chi connectivity index (χ1v) is 3.55. The van der Waals surface area contributed by atoms with Crippen molar-refractivity contribution in [2.75, 3.05) is 0 Å². The van der Waals surface area contributed by atoms with Crippen LogP contribution in [0.5, 0.6) is 0 Å². The van der Waals surface area contributed by atoms with Crippen molar-refractivity contribution in [3.63, 3.8) is 0 Å². The van der Waals surface area contributed by atoms with Crippen molar-refractivity contribution in [3.05, 3.63) is 23.1 Å². The zero-order valence-corrected chi connectivity index (χ0v) is 6.64. The van der Waals surface area contributed by atoms with Crippen LogP contribution in [0.25, 0.3) is 0 Å². The van der Waals surface area contributed by atoms with E-state index >= 15 is 0 Å². The van der Waals surface area contributed by atoms with Crippen molar-refractivity contribution in [2.45, 2.75) is 12.5 Å². The number of rotatable bonds is 2. The number of terminal acetylenes is 1. The summed E-state index contributed by atoms with van der Waals surface area (Å²) >= 11 is 5.66.